The molecule has 2 aromatic rings. The number of nitrogens with one attached hydrogen (secondary N) is 2. The summed E-state index contributed by atoms with van der Waals surface area (Å²) in [6.45, 7) is 2.54. The van der Waals surface area contributed by atoms with E-state index in [-0.39, 0.29) is 17.2 Å². The van der Waals surface area contributed by atoms with Gasteiger partial charge in [-0.05, 0) is 19.8 Å². The fourth-order valence-corrected chi connectivity index (χ4v) is 2.88. The van der Waals surface area contributed by atoms with E-state index < -0.39 is 11.7 Å². The zero-order valence-corrected chi connectivity index (χ0v) is 13.7. The third-order valence-electron chi connectivity index (χ3n) is 4.60. The van der Waals surface area contributed by atoms with E-state index in [1.165, 1.54) is 0 Å². The smallest absolute Gasteiger partial charge is 0.421 e. The van der Waals surface area contributed by atoms with Crippen molar-refractivity contribution in [2.24, 2.45) is 12.5 Å². The monoisotopic (exact) mass is 354 g/mol. The lowest BCUT2D eigenvalue weighted by atomic mass is 10.1. The highest BCUT2D eigenvalue weighted by Crippen LogP contribution is 2.47. The molecule has 2 aliphatic rings. The van der Waals surface area contributed by atoms with Crippen LogP contribution in [0, 0.1) is 12.3 Å². The Morgan fingerprint density at radius 1 is 1.32 bits per heavy atom. The zero-order chi connectivity index (χ0) is 17.8. The lowest BCUT2D eigenvalue weighted by Gasteiger charge is -2.18. The number of hydrogen-bond donors (Lipinski definition) is 2. The number of halogens is 3. The molecule has 0 aromatic carbocycles. The van der Waals surface area contributed by atoms with Gasteiger partial charge < -0.3 is 15.4 Å². The van der Waals surface area contributed by atoms with Gasteiger partial charge in [0.15, 0.2) is 0 Å². The van der Waals surface area contributed by atoms with Crippen molar-refractivity contribution in [1.82, 2.24) is 19.7 Å². The number of alkyl halides is 3. The van der Waals surface area contributed by atoms with E-state index >= 15 is 0 Å². The van der Waals surface area contributed by atoms with Crippen LogP contribution in [0.3, 0.4) is 0 Å². The van der Waals surface area contributed by atoms with Crippen LogP contribution in [-0.2, 0) is 13.2 Å². The Balaban J connectivity index is 1.80. The predicted octanol–water partition coefficient (Wildman–Crippen LogP) is 2.87. The van der Waals surface area contributed by atoms with Gasteiger partial charge >= 0.3 is 6.18 Å². The molecule has 1 aliphatic carbocycles. The average molecular weight is 354 g/mol. The van der Waals surface area contributed by atoms with Crippen LogP contribution in [0.2, 0.25) is 0 Å². The first-order valence-corrected chi connectivity index (χ1v) is 7.89. The van der Waals surface area contributed by atoms with Crippen molar-refractivity contribution in [3.63, 3.8) is 0 Å². The van der Waals surface area contributed by atoms with Gasteiger partial charge in [0, 0.05) is 25.2 Å². The normalized spacial score (nSPS) is 18.4. The number of anilines is 3. The van der Waals surface area contributed by atoms with Crippen molar-refractivity contribution in [2.75, 3.05) is 23.8 Å². The molecule has 2 bridgehead atoms. The Morgan fingerprint density at radius 3 is 2.76 bits per heavy atom. The summed E-state index contributed by atoms with van der Waals surface area (Å²) in [5.41, 5.74) is 0.149. The van der Waals surface area contributed by atoms with Gasteiger partial charge in [0.1, 0.15) is 17.1 Å². The van der Waals surface area contributed by atoms with Gasteiger partial charge in [0.05, 0.1) is 12.3 Å². The number of rotatable bonds is 0. The molecule has 10 heteroatoms. The first kappa shape index (κ1) is 16.0. The summed E-state index contributed by atoms with van der Waals surface area (Å²) in [5.74, 6) is 0.361. The van der Waals surface area contributed by atoms with Crippen LogP contribution >= 0.6 is 0 Å². The molecular formula is C15H17F3N6O. The Labute approximate surface area is 141 Å². The molecule has 0 unspecified atom stereocenters. The largest absolute Gasteiger partial charge is 0.476 e. The molecule has 0 saturated heterocycles. The van der Waals surface area contributed by atoms with E-state index in [4.69, 9.17) is 4.74 Å². The van der Waals surface area contributed by atoms with Gasteiger partial charge in [-0.25, -0.2) is 9.67 Å². The number of hydrogen-bond acceptors (Lipinski definition) is 6. The van der Waals surface area contributed by atoms with Crippen LogP contribution in [0.25, 0.3) is 0 Å². The van der Waals surface area contributed by atoms with Crippen LogP contribution in [0.15, 0.2) is 6.20 Å². The second-order valence-corrected chi connectivity index (χ2v) is 6.61. The van der Waals surface area contributed by atoms with Gasteiger partial charge in [0.25, 0.3) is 0 Å². The summed E-state index contributed by atoms with van der Waals surface area (Å²) in [6.07, 6.45) is -1.96. The molecule has 0 radical (unpaired) electrons. The standard InChI is InChI=1S/C15H17F3N6O/c1-8-10-12(24(2)23-8)25-7-14(3-4-14)6-20-11-9(15(16,17)18)5-19-13(21-10)22-11/h5H,3-4,6-7H2,1-2H3,(H2,19,20,21,22). The van der Waals surface area contributed by atoms with Gasteiger partial charge in [-0.3, -0.25) is 0 Å². The third-order valence-corrected chi connectivity index (χ3v) is 4.60. The van der Waals surface area contributed by atoms with Crippen LogP contribution in [0.4, 0.5) is 30.6 Å². The molecule has 2 aromatic heterocycles. The highest BCUT2D eigenvalue weighted by atomic mass is 19.4. The number of aromatic nitrogens is 4. The Bertz CT molecular complexity index is 827. The molecule has 1 aliphatic heterocycles. The molecule has 7 nitrogen and oxygen atoms in total. The number of aryl methyl sites for hydroxylation is 2. The quantitative estimate of drug-likeness (QED) is 0.758. The van der Waals surface area contributed by atoms with Gasteiger partial charge in [-0.2, -0.15) is 23.3 Å². The van der Waals surface area contributed by atoms with Crippen molar-refractivity contribution in [2.45, 2.75) is 25.9 Å². The minimum Gasteiger partial charge on any atom is -0.476 e. The maximum Gasteiger partial charge on any atom is 0.421 e. The molecule has 134 valence electrons. The molecular weight excluding hydrogens is 337 g/mol. The second kappa shape index (κ2) is 5.24. The van der Waals surface area contributed by atoms with Crippen LogP contribution < -0.4 is 15.4 Å². The van der Waals surface area contributed by atoms with Gasteiger partial charge in [-0.15, -0.1) is 0 Å². The van der Waals surface area contributed by atoms with Crippen molar-refractivity contribution >= 4 is 17.5 Å². The highest BCUT2D eigenvalue weighted by molar-refractivity contribution is 5.64. The fourth-order valence-electron chi connectivity index (χ4n) is 2.88. The van der Waals surface area contributed by atoms with Gasteiger partial charge in [-0.1, -0.05) is 0 Å². The summed E-state index contributed by atoms with van der Waals surface area (Å²) in [4.78, 5) is 7.85. The predicted molar refractivity (Wildman–Crippen MR) is 83.9 cm³/mol. The van der Waals surface area contributed by atoms with Crippen LogP contribution in [0.5, 0.6) is 5.88 Å². The summed E-state index contributed by atoms with van der Waals surface area (Å²) in [5, 5.41) is 10.1. The number of nitrogens with zero attached hydrogens (tertiary/aromatic N) is 4. The SMILES string of the molecule is Cc1nn(C)c2c1Nc1ncc(C(F)(F)F)c(n1)NCC1(CC1)CO2. The van der Waals surface area contributed by atoms with E-state index in [1.807, 2.05) is 0 Å². The van der Waals surface area contributed by atoms with Crippen LogP contribution in [0.1, 0.15) is 24.1 Å². The first-order valence-electron chi connectivity index (χ1n) is 7.89. The van der Waals surface area contributed by atoms with E-state index in [0.29, 0.717) is 30.4 Å². The summed E-state index contributed by atoms with van der Waals surface area (Å²) < 4.78 is 47.2. The summed E-state index contributed by atoms with van der Waals surface area (Å²) in [6, 6.07) is 0. The topological polar surface area (TPSA) is 76.9 Å². The van der Waals surface area contributed by atoms with E-state index in [1.54, 1.807) is 18.7 Å². The minimum atomic E-state index is -4.52. The Kier molecular flexibility index (Phi) is 3.35. The van der Waals surface area contributed by atoms with Crippen molar-refractivity contribution < 1.29 is 17.9 Å². The average Bonchev–Trinajstić information content (AvgIpc) is 3.25. The Hall–Kier alpha value is -2.52. The van der Waals surface area contributed by atoms with E-state index in [0.717, 1.165) is 19.0 Å². The van der Waals surface area contributed by atoms with Crippen LogP contribution in [-0.4, -0.2) is 32.9 Å². The molecule has 1 saturated carbocycles. The van der Waals surface area contributed by atoms with Crippen molar-refractivity contribution in [3.8, 4) is 5.88 Å². The maximum atomic E-state index is 13.2. The van der Waals surface area contributed by atoms with Crippen molar-refractivity contribution in [1.29, 1.82) is 0 Å². The number of ether oxygens (including phenoxy) is 1. The van der Waals surface area contributed by atoms with Gasteiger partial charge in [0.2, 0.25) is 11.8 Å². The third kappa shape index (κ3) is 2.85. The minimum absolute atomic E-state index is 0.0585. The molecule has 4 rings (SSSR count). The Morgan fingerprint density at radius 2 is 2.08 bits per heavy atom. The molecule has 1 fully saturated rings. The molecule has 2 N–H and O–H groups in total. The highest BCUT2D eigenvalue weighted by Gasteiger charge is 2.45. The first-order chi connectivity index (χ1) is 11.8. The van der Waals surface area contributed by atoms with Crippen molar-refractivity contribution in [3.05, 3.63) is 17.5 Å². The van der Waals surface area contributed by atoms with E-state index in [2.05, 4.69) is 25.7 Å². The van der Waals surface area contributed by atoms with E-state index in [9.17, 15) is 13.2 Å². The second-order valence-electron chi connectivity index (χ2n) is 6.61. The number of fused-ring (bicyclic) bond motifs is 3. The fraction of sp³-hybridized carbons (Fsp3) is 0.533. The summed E-state index contributed by atoms with van der Waals surface area (Å²) in [7, 11) is 1.75. The molecule has 0 atom stereocenters. The lowest BCUT2D eigenvalue weighted by Crippen LogP contribution is -2.24. The molecule has 3 heterocycles. The molecule has 1 spiro atoms. The molecule has 25 heavy (non-hydrogen) atoms. The summed E-state index contributed by atoms with van der Waals surface area (Å²) >= 11 is 0. The lowest BCUT2D eigenvalue weighted by molar-refractivity contribution is -0.137. The molecule has 0 amide bonds. The maximum absolute atomic E-state index is 13.2. The zero-order valence-electron chi connectivity index (χ0n) is 13.7.